The Morgan fingerprint density at radius 1 is 1.00 bits per heavy atom. The van der Waals surface area contributed by atoms with Crippen LogP contribution in [0.4, 0.5) is 11.8 Å². The van der Waals surface area contributed by atoms with Crippen molar-refractivity contribution in [1.29, 1.82) is 0 Å². The van der Waals surface area contributed by atoms with Crippen LogP contribution in [0.1, 0.15) is 38.5 Å². The first-order valence-electron chi connectivity index (χ1n) is 9.91. The molecule has 3 fully saturated rings. The van der Waals surface area contributed by atoms with Crippen LogP contribution in [-0.4, -0.2) is 68.2 Å². The average Bonchev–Trinajstić information content (AvgIpc) is 3.02. The van der Waals surface area contributed by atoms with Crippen LogP contribution in [0.15, 0.2) is 12.3 Å². The molecular formula is C18H29N5O2S. The van der Waals surface area contributed by atoms with Crippen molar-refractivity contribution in [2.75, 3.05) is 47.5 Å². The SMILES string of the molecule is O=S1(=O)C[C@@H]2NCCN(c3ccnc(N4CCCCCCCC4)n3)[C@@H]2C1. The molecule has 144 valence electrons. The van der Waals surface area contributed by atoms with Gasteiger partial charge in [-0.15, -0.1) is 0 Å². The zero-order valence-electron chi connectivity index (χ0n) is 15.3. The number of sulfone groups is 1. The van der Waals surface area contributed by atoms with Crippen molar-refractivity contribution >= 4 is 21.6 Å². The van der Waals surface area contributed by atoms with Crippen molar-refractivity contribution in [2.45, 2.75) is 50.6 Å². The van der Waals surface area contributed by atoms with E-state index in [0.717, 1.165) is 37.9 Å². The first kappa shape index (κ1) is 18.0. The summed E-state index contributed by atoms with van der Waals surface area (Å²) in [6.45, 7) is 3.59. The minimum atomic E-state index is -2.97. The molecule has 3 aliphatic heterocycles. The summed E-state index contributed by atoms with van der Waals surface area (Å²) in [5.41, 5.74) is 0. The Labute approximate surface area is 156 Å². The number of hydrogen-bond donors (Lipinski definition) is 1. The summed E-state index contributed by atoms with van der Waals surface area (Å²) in [7, 11) is -2.97. The van der Waals surface area contributed by atoms with Gasteiger partial charge in [0, 0.05) is 38.4 Å². The van der Waals surface area contributed by atoms with Gasteiger partial charge in [-0.1, -0.05) is 25.7 Å². The molecule has 0 amide bonds. The van der Waals surface area contributed by atoms with Crippen LogP contribution in [0.5, 0.6) is 0 Å². The highest BCUT2D eigenvalue weighted by Crippen LogP contribution is 2.26. The van der Waals surface area contributed by atoms with Crippen LogP contribution < -0.4 is 15.1 Å². The molecule has 0 aromatic carbocycles. The number of aromatic nitrogens is 2. The molecule has 2 atom stereocenters. The molecule has 4 heterocycles. The predicted molar refractivity (Wildman–Crippen MR) is 104 cm³/mol. The van der Waals surface area contributed by atoms with E-state index in [9.17, 15) is 8.42 Å². The van der Waals surface area contributed by atoms with E-state index in [1.807, 2.05) is 12.3 Å². The van der Waals surface area contributed by atoms with E-state index >= 15 is 0 Å². The van der Waals surface area contributed by atoms with Gasteiger partial charge >= 0.3 is 0 Å². The van der Waals surface area contributed by atoms with Gasteiger partial charge in [-0.05, 0) is 18.9 Å². The highest BCUT2D eigenvalue weighted by atomic mass is 32.2. The zero-order chi connectivity index (χ0) is 18.0. The number of piperazine rings is 1. The number of nitrogens with zero attached hydrogens (tertiary/aromatic N) is 4. The van der Waals surface area contributed by atoms with Crippen LogP contribution >= 0.6 is 0 Å². The van der Waals surface area contributed by atoms with Crippen molar-refractivity contribution in [3.05, 3.63) is 12.3 Å². The molecular weight excluding hydrogens is 350 g/mol. The fraction of sp³-hybridized carbons (Fsp3) is 0.778. The summed E-state index contributed by atoms with van der Waals surface area (Å²) in [5, 5.41) is 3.36. The molecule has 1 N–H and O–H groups in total. The Balaban J connectivity index is 1.55. The average molecular weight is 380 g/mol. The summed E-state index contributed by atoms with van der Waals surface area (Å²) in [5.74, 6) is 2.11. The molecule has 8 heteroatoms. The molecule has 4 rings (SSSR count). The van der Waals surface area contributed by atoms with Crippen LogP contribution in [0, 0.1) is 0 Å². The monoisotopic (exact) mass is 379 g/mol. The minimum absolute atomic E-state index is 0.0115. The number of hydrogen-bond acceptors (Lipinski definition) is 7. The molecule has 0 radical (unpaired) electrons. The lowest BCUT2D eigenvalue weighted by Gasteiger charge is -2.38. The van der Waals surface area contributed by atoms with Gasteiger partial charge in [-0.25, -0.2) is 13.4 Å². The summed E-state index contributed by atoms with van der Waals surface area (Å²) in [6.07, 6.45) is 9.39. The Kier molecular flexibility index (Phi) is 5.31. The largest absolute Gasteiger partial charge is 0.350 e. The van der Waals surface area contributed by atoms with Gasteiger partial charge in [-0.3, -0.25) is 0 Å². The maximum absolute atomic E-state index is 12.1. The van der Waals surface area contributed by atoms with Gasteiger partial charge < -0.3 is 15.1 Å². The number of fused-ring (bicyclic) bond motifs is 1. The van der Waals surface area contributed by atoms with Crippen LogP contribution in [-0.2, 0) is 9.84 Å². The van der Waals surface area contributed by atoms with E-state index in [4.69, 9.17) is 4.98 Å². The lowest BCUT2D eigenvalue weighted by Crippen LogP contribution is -2.57. The van der Waals surface area contributed by atoms with Crippen molar-refractivity contribution in [3.63, 3.8) is 0 Å². The van der Waals surface area contributed by atoms with E-state index in [1.165, 1.54) is 38.5 Å². The lowest BCUT2D eigenvalue weighted by molar-refractivity contribution is 0.422. The predicted octanol–water partition coefficient (Wildman–Crippen LogP) is 1.21. The second kappa shape index (κ2) is 7.68. The maximum Gasteiger partial charge on any atom is 0.227 e. The first-order valence-corrected chi connectivity index (χ1v) is 11.7. The van der Waals surface area contributed by atoms with Gasteiger partial charge in [0.15, 0.2) is 9.84 Å². The fourth-order valence-electron chi connectivity index (χ4n) is 4.43. The smallest absolute Gasteiger partial charge is 0.227 e. The quantitative estimate of drug-likeness (QED) is 0.827. The molecule has 0 unspecified atom stereocenters. The third-order valence-corrected chi connectivity index (χ3v) is 7.51. The summed E-state index contributed by atoms with van der Waals surface area (Å²) in [6, 6.07) is 1.91. The normalized spacial score (nSPS) is 29.5. The van der Waals surface area contributed by atoms with Gasteiger partial charge in [0.25, 0.3) is 0 Å². The van der Waals surface area contributed by atoms with Gasteiger partial charge in [0.1, 0.15) is 5.82 Å². The van der Waals surface area contributed by atoms with Gasteiger partial charge in [0.2, 0.25) is 5.95 Å². The van der Waals surface area contributed by atoms with Gasteiger partial charge in [-0.2, -0.15) is 4.98 Å². The van der Waals surface area contributed by atoms with Crippen molar-refractivity contribution in [3.8, 4) is 0 Å². The summed E-state index contributed by atoms with van der Waals surface area (Å²) >= 11 is 0. The number of rotatable bonds is 2. The molecule has 26 heavy (non-hydrogen) atoms. The fourth-order valence-corrected chi connectivity index (χ4v) is 6.38. The van der Waals surface area contributed by atoms with E-state index in [0.29, 0.717) is 0 Å². The Morgan fingerprint density at radius 2 is 1.73 bits per heavy atom. The zero-order valence-corrected chi connectivity index (χ0v) is 16.1. The molecule has 1 aromatic heterocycles. The van der Waals surface area contributed by atoms with Crippen molar-refractivity contribution < 1.29 is 8.42 Å². The lowest BCUT2D eigenvalue weighted by atomic mass is 10.1. The summed E-state index contributed by atoms with van der Waals surface area (Å²) in [4.78, 5) is 13.9. The molecule has 0 spiro atoms. The van der Waals surface area contributed by atoms with E-state index in [-0.39, 0.29) is 23.6 Å². The molecule has 3 saturated heterocycles. The standard InChI is InChI=1S/C18H29N5O2S/c24-26(25)13-15-16(14-26)23(12-9-19-15)17-7-8-20-18(21-17)22-10-5-3-1-2-4-6-11-22/h7-8,15-16,19H,1-6,9-14H2/t15-,16+/m0/s1. The van der Waals surface area contributed by atoms with Gasteiger partial charge in [0.05, 0.1) is 17.5 Å². The second-order valence-corrected chi connectivity index (χ2v) is 9.88. The highest BCUT2D eigenvalue weighted by molar-refractivity contribution is 7.91. The first-order chi connectivity index (χ1) is 12.6. The number of anilines is 2. The van der Waals surface area contributed by atoms with Crippen LogP contribution in [0.25, 0.3) is 0 Å². The van der Waals surface area contributed by atoms with E-state index in [2.05, 4.69) is 20.1 Å². The summed E-state index contributed by atoms with van der Waals surface area (Å²) < 4.78 is 24.2. The molecule has 0 bridgehead atoms. The van der Waals surface area contributed by atoms with E-state index in [1.54, 1.807) is 0 Å². The van der Waals surface area contributed by atoms with Crippen LogP contribution in [0.2, 0.25) is 0 Å². The Morgan fingerprint density at radius 3 is 2.50 bits per heavy atom. The highest BCUT2D eigenvalue weighted by Gasteiger charge is 2.43. The Bertz CT molecular complexity index is 716. The topological polar surface area (TPSA) is 78.4 Å². The molecule has 1 aromatic rings. The Hall–Kier alpha value is -1.41. The third kappa shape index (κ3) is 3.96. The molecule has 0 saturated carbocycles. The number of nitrogens with one attached hydrogen (secondary N) is 1. The van der Waals surface area contributed by atoms with Crippen LogP contribution in [0.3, 0.4) is 0 Å². The second-order valence-electron chi connectivity index (χ2n) is 7.72. The molecule has 3 aliphatic rings. The maximum atomic E-state index is 12.1. The minimum Gasteiger partial charge on any atom is -0.350 e. The van der Waals surface area contributed by atoms with E-state index < -0.39 is 9.84 Å². The molecule has 0 aliphatic carbocycles. The molecule has 7 nitrogen and oxygen atoms in total. The van der Waals surface area contributed by atoms with Crippen molar-refractivity contribution in [1.82, 2.24) is 15.3 Å². The van der Waals surface area contributed by atoms with Crippen molar-refractivity contribution in [2.24, 2.45) is 0 Å². The third-order valence-electron chi connectivity index (χ3n) is 5.79.